The van der Waals surface area contributed by atoms with Crippen LogP contribution in [0.25, 0.3) is 0 Å². The molecule has 1 heterocycles. The Morgan fingerprint density at radius 1 is 1.24 bits per heavy atom. The molecular weight excluding hydrogens is 262 g/mol. The first-order valence-corrected chi connectivity index (χ1v) is 5.47. The molecule has 0 amide bonds. The number of hydrogen-bond acceptors (Lipinski definition) is 2. The first kappa shape index (κ1) is 16.6. The van der Waals surface area contributed by atoms with Gasteiger partial charge in [0.1, 0.15) is 5.82 Å². The van der Waals surface area contributed by atoms with E-state index in [0.29, 0.717) is 6.04 Å². The van der Waals surface area contributed by atoms with Crippen LogP contribution in [0.2, 0.25) is 0 Å². The van der Waals surface area contributed by atoms with E-state index in [1.165, 1.54) is 6.07 Å². The average Bonchev–Trinajstić information content (AvgIpc) is 2.29. The second-order valence-electron chi connectivity index (χ2n) is 4.02. The third-order valence-electron chi connectivity index (χ3n) is 3.03. The van der Waals surface area contributed by atoms with Gasteiger partial charge in [0.25, 0.3) is 0 Å². The van der Waals surface area contributed by atoms with Gasteiger partial charge in [0.2, 0.25) is 0 Å². The minimum atomic E-state index is -0.144. The van der Waals surface area contributed by atoms with Crippen LogP contribution in [-0.2, 0) is 0 Å². The van der Waals surface area contributed by atoms with E-state index in [-0.39, 0.29) is 30.6 Å². The zero-order valence-corrected chi connectivity index (χ0v) is 11.5. The largest absolute Gasteiger partial charge is 0.314 e. The first-order chi connectivity index (χ1) is 7.27. The average molecular weight is 281 g/mol. The minimum absolute atomic E-state index is 0. The van der Waals surface area contributed by atoms with Crippen molar-refractivity contribution in [2.24, 2.45) is 0 Å². The van der Waals surface area contributed by atoms with Gasteiger partial charge in [-0.1, -0.05) is 12.1 Å². The number of piperazine rings is 1. The van der Waals surface area contributed by atoms with Crippen LogP contribution in [0.3, 0.4) is 0 Å². The lowest BCUT2D eigenvalue weighted by atomic mass is 10.1. The third-order valence-corrected chi connectivity index (χ3v) is 3.03. The zero-order valence-electron chi connectivity index (χ0n) is 9.86. The molecule has 0 aliphatic carbocycles. The summed E-state index contributed by atoms with van der Waals surface area (Å²) >= 11 is 0. The fourth-order valence-electron chi connectivity index (χ4n) is 2.05. The summed E-state index contributed by atoms with van der Waals surface area (Å²) in [5, 5.41) is 3.32. The Kier molecular flexibility index (Phi) is 7.71. The topological polar surface area (TPSA) is 15.3 Å². The molecule has 1 fully saturated rings. The molecule has 1 atom stereocenters. The second-order valence-corrected chi connectivity index (χ2v) is 4.02. The van der Waals surface area contributed by atoms with Gasteiger partial charge in [0.05, 0.1) is 0 Å². The van der Waals surface area contributed by atoms with Crippen molar-refractivity contribution in [3.8, 4) is 0 Å². The molecule has 0 spiro atoms. The van der Waals surface area contributed by atoms with Gasteiger partial charge in [-0.25, -0.2) is 4.39 Å². The summed E-state index contributed by atoms with van der Waals surface area (Å²) in [6.07, 6.45) is 0. The first-order valence-electron chi connectivity index (χ1n) is 5.47. The summed E-state index contributed by atoms with van der Waals surface area (Å²) in [5.74, 6) is -0.144. The van der Waals surface area contributed by atoms with Crippen LogP contribution in [0.5, 0.6) is 0 Å². The van der Waals surface area contributed by atoms with Crippen molar-refractivity contribution < 1.29 is 4.39 Å². The van der Waals surface area contributed by atoms with E-state index < -0.39 is 0 Å². The van der Waals surface area contributed by atoms with Crippen molar-refractivity contribution in [1.29, 1.82) is 0 Å². The highest BCUT2D eigenvalue weighted by molar-refractivity contribution is 5.85. The SMILES string of the molecule is C[C@H](c1cccc(F)c1)N1CCNCC1.Cl.Cl. The van der Waals surface area contributed by atoms with Crippen LogP contribution in [0, 0.1) is 5.82 Å². The molecule has 0 unspecified atom stereocenters. The predicted molar refractivity (Wildman–Crippen MR) is 73.8 cm³/mol. The highest BCUT2D eigenvalue weighted by Gasteiger charge is 2.17. The quantitative estimate of drug-likeness (QED) is 0.896. The summed E-state index contributed by atoms with van der Waals surface area (Å²) in [4.78, 5) is 2.38. The lowest BCUT2D eigenvalue weighted by Gasteiger charge is -2.33. The Balaban J connectivity index is 0.00000128. The monoisotopic (exact) mass is 280 g/mol. The van der Waals surface area contributed by atoms with Crippen molar-refractivity contribution in [2.45, 2.75) is 13.0 Å². The van der Waals surface area contributed by atoms with Crippen molar-refractivity contribution in [3.63, 3.8) is 0 Å². The molecule has 17 heavy (non-hydrogen) atoms. The molecule has 1 aliphatic heterocycles. The summed E-state index contributed by atoms with van der Waals surface area (Å²) in [6.45, 7) is 6.27. The summed E-state index contributed by atoms with van der Waals surface area (Å²) < 4.78 is 13.1. The third kappa shape index (κ3) is 4.43. The van der Waals surface area contributed by atoms with Gasteiger partial charge in [-0.05, 0) is 24.6 Å². The summed E-state index contributed by atoms with van der Waals surface area (Å²) in [5.41, 5.74) is 1.07. The minimum Gasteiger partial charge on any atom is -0.314 e. The van der Waals surface area contributed by atoms with Crippen LogP contribution < -0.4 is 5.32 Å². The highest BCUT2D eigenvalue weighted by Crippen LogP contribution is 2.20. The number of halogens is 3. The molecule has 2 nitrogen and oxygen atoms in total. The molecule has 1 aromatic carbocycles. The Bertz CT molecular complexity index is 330. The van der Waals surface area contributed by atoms with E-state index >= 15 is 0 Å². The molecule has 0 radical (unpaired) electrons. The van der Waals surface area contributed by atoms with Gasteiger partial charge in [0.15, 0.2) is 0 Å². The normalized spacial score (nSPS) is 17.8. The molecule has 0 bridgehead atoms. The number of hydrogen-bond donors (Lipinski definition) is 1. The lowest BCUT2D eigenvalue weighted by Crippen LogP contribution is -2.44. The van der Waals surface area contributed by atoms with E-state index in [4.69, 9.17) is 0 Å². The Morgan fingerprint density at radius 3 is 2.47 bits per heavy atom. The molecule has 1 saturated heterocycles. The maximum Gasteiger partial charge on any atom is 0.123 e. The van der Waals surface area contributed by atoms with E-state index in [1.807, 2.05) is 6.07 Å². The fourth-order valence-corrected chi connectivity index (χ4v) is 2.05. The smallest absolute Gasteiger partial charge is 0.123 e. The van der Waals surface area contributed by atoms with E-state index in [9.17, 15) is 4.39 Å². The number of benzene rings is 1. The number of nitrogens with one attached hydrogen (secondary N) is 1. The van der Waals surface area contributed by atoms with Crippen molar-refractivity contribution >= 4 is 24.8 Å². The highest BCUT2D eigenvalue weighted by atomic mass is 35.5. The Morgan fingerprint density at radius 2 is 1.88 bits per heavy atom. The second kappa shape index (κ2) is 7.88. The molecule has 2 rings (SSSR count). The van der Waals surface area contributed by atoms with Crippen LogP contribution in [-0.4, -0.2) is 31.1 Å². The molecule has 1 aromatic rings. The molecule has 5 heteroatoms. The van der Waals surface area contributed by atoms with Crippen LogP contribution in [0.4, 0.5) is 4.39 Å². The standard InChI is InChI=1S/C12H17FN2.2ClH/c1-10(15-7-5-14-6-8-15)11-3-2-4-12(13)9-11;;/h2-4,9-10,14H,5-8H2,1H3;2*1H/t10-;;/m1../s1. The van der Waals surface area contributed by atoms with Gasteiger partial charge in [-0.15, -0.1) is 24.8 Å². The maximum atomic E-state index is 13.1. The Hall–Kier alpha value is -0.350. The van der Waals surface area contributed by atoms with Gasteiger partial charge >= 0.3 is 0 Å². The summed E-state index contributed by atoms with van der Waals surface area (Å²) in [6, 6.07) is 7.21. The number of nitrogens with zero attached hydrogens (tertiary/aromatic N) is 1. The molecule has 1 N–H and O–H groups in total. The molecular formula is C12H19Cl2FN2. The molecule has 98 valence electrons. The van der Waals surface area contributed by atoms with Crippen LogP contribution in [0.1, 0.15) is 18.5 Å². The molecule has 0 aromatic heterocycles. The van der Waals surface area contributed by atoms with Crippen LogP contribution >= 0.6 is 24.8 Å². The lowest BCUT2D eigenvalue weighted by molar-refractivity contribution is 0.185. The van der Waals surface area contributed by atoms with Crippen molar-refractivity contribution in [3.05, 3.63) is 35.6 Å². The van der Waals surface area contributed by atoms with E-state index in [0.717, 1.165) is 31.7 Å². The van der Waals surface area contributed by atoms with E-state index in [1.54, 1.807) is 12.1 Å². The van der Waals surface area contributed by atoms with Crippen LogP contribution in [0.15, 0.2) is 24.3 Å². The molecule has 0 saturated carbocycles. The maximum absolute atomic E-state index is 13.1. The summed E-state index contributed by atoms with van der Waals surface area (Å²) in [7, 11) is 0. The Labute approximate surface area is 114 Å². The van der Waals surface area contributed by atoms with E-state index in [2.05, 4.69) is 17.1 Å². The van der Waals surface area contributed by atoms with Crippen molar-refractivity contribution in [2.75, 3.05) is 26.2 Å². The predicted octanol–water partition coefficient (Wildman–Crippen LogP) is 2.64. The van der Waals surface area contributed by atoms with Gasteiger partial charge in [0, 0.05) is 32.2 Å². The van der Waals surface area contributed by atoms with Crippen molar-refractivity contribution in [1.82, 2.24) is 10.2 Å². The van der Waals surface area contributed by atoms with Gasteiger partial charge in [-0.3, -0.25) is 4.90 Å². The van der Waals surface area contributed by atoms with Gasteiger partial charge in [-0.2, -0.15) is 0 Å². The molecule has 1 aliphatic rings. The zero-order chi connectivity index (χ0) is 10.7. The van der Waals surface area contributed by atoms with Gasteiger partial charge < -0.3 is 5.32 Å². The number of rotatable bonds is 2. The fraction of sp³-hybridized carbons (Fsp3) is 0.500.